The van der Waals surface area contributed by atoms with Gasteiger partial charge in [-0.2, -0.15) is 5.10 Å². The zero-order valence-electron chi connectivity index (χ0n) is 14.9. The maximum absolute atomic E-state index is 12.1. The number of hydrogen-bond donors (Lipinski definition) is 1. The molecule has 1 aromatic rings. The number of aliphatic hydroxyl groups excluding tert-OH is 1. The molecule has 0 unspecified atom stereocenters. The van der Waals surface area contributed by atoms with E-state index >= 15 is 0 Å². The lowest BCUT2D eigenvalue weighted by Crippen LogP contribution is -2.51. The monoisotopic (exact) mass is 335 g/mol. The van der Waals surface area contributed by atoms with Crippen LogP contribution in [-0.4, -0.2) is 68.4 Å². The molecule has 3 rings (SSSR count). The first-order valence-corrected chi connectivity index (χ1v) is 8.99. The zero-order chi connectivity index (χ0) is 17.2. The van der Waals surface area contributed by atoms with E-state index in [-0.39, 0.29) is 17.9 Å². The van der Waals surface area contributed by atoms with E-state index in [1.54, 1.807) is 0 Å². The Hall–Kier alpha value is -1.47. The Bertz CT molecular complexity index is 578. The first-order chi connectivity index (χ1) is 11.5. The Balaban J connectivity index is 1.55. The van der Waals surface area contributed by atoms with E-state index in [4.69, 9.17) is 5.11 Å². The molecule has 2 aliphatic heterocycles. The van der Waals surface area contributed by atoms with Crippen LogP contribution in [0.3, 0.4) is 0 Å². The molecule has 0 aromatic carbocycles. The van der Waals surface area contributed by atoms with Gasteiger partial charge in [0.05, 0.1) is 6.54 Å². The predicted molar refractivity (Wildman–Crippen MR) is 90.2 cm³/mol. The molecule has 2 saturated heterocycles. The van der Waals surface area contributed by atoms with Gasteiger partial charge in [0.2, 0.25) is 5.91 Å². The number of aromatic nitrogens is 3. The second-order valence-corrected chi connectivity index (χ2v) is 7.37. The fourth-order valence-electron chi connectivity index (χ4n) is 4.06. The third kappa shape index (κ3) is 3.78. The van der Waals surface area contributed by atoms with Crippen molar-refractivity contribution in [1.82, 2.24) is 24.6 Å². The van der Waals surface area contributed by atoms with Gasteiger partial charge in [-0.25, -0.2) is 4.98 Å². The van der Waals surface area contributed by atoms with Gasteiger partial charge in [-0.05, 0) is 51.1 Å². The number of nitrogens with zero attached hydrogens (tertiary/aromatic N) is 5. The summed E-state index contributed by atoms with van der Waals surface area (Å²) in [5.41, 5.74) is 0.273. The second kappa shape index (κ2) is 7.19. The summed E-state index contributed by atoms with van der Waals surface area (Å²) >= 11 is 0. The summed E-state index contributed by atoms with van der Waals surface area (Å²) in [4.78, 5) is 21.0. The number of carbonyl (C=O) groups is 1. The highest BCUT2D eigenvalue weighted by molar-refractivity contribution is 5.77. The van der Waals surface area contributed by atoms with Crippen LogP contribution in [0, 0.1) is 12.3 Å². The predicted octanol–water partition coefficient (Wildman–Crippen LogP) is 0.711. The number of aryl methyl sites for hydroxylation is 2. The number of carbonyl (C=O) groups excluding carboxylic acids is 1. The van der Waals surface area contributed by atoms with Gasteiger partial charge in [-0.15, -0.1) is 0 Å². The molecule has 2 aliphatic rings. The van der Waals surface area contributed by atoms with E-state index in [1.165, 1.54) is 0 Å². The zero-order valence-corrected chi connectivity index (χ0v) is 14.9. The summed E-state index contributed by atoms with van der Waals surface area (Å²) in [7, 11) is 1.95. The smallest absolute Gasteiger partial charge is 0.222 e. The largest absolute Gasteiger partial charge is 0.396 e. The molecule has 2 fully saturated rings. The summed E-state index contributed by atoms with van der Waals surface area (Å²) < 4.78 is 1.87. The summed E-state index contributed by atoms with van der Waals surface area (Å²) in [6.07, 6.45) is 4.62. The van der Waals surface area contributed by atoms with E-state index in [0.717, 1.165) is 57.1 Å². The van der Waals surface area contributed by atoms with Crippen molar-refractivity contribution >= 4 is 5.91 Å². The average Bonchev–Trinajstić information content (AvgIpc) is 2.88. The third-order valence-electron chi connectivity index (χ3n) is 5.58. The third-order valence-corrected chi connectivity index (χ3v) is 5.58. The molecular weight excluding hydrogens is 306 g/mol. The molecule has 0 saturated carbocycles. The minimum absolute atomic E-state index is 0.154. The molecule has 1 N–H and O–H groups in total. The van der Waals surface area contributed by atoms with Crippen molar-refractivity contribution in [2.75, 3.05) is 32.8 Å². The standard InChI is InChI=1S/C17H29N5O2/c1-14-18-15(20(2)19-14)12-21-9-6-17(7-10-21)5-4-16(24)22(13-17)8-3-11-23/h23H,3-13H2,1-2H3. The SMILES string of the molecule is Cc1nc(CN2CCC3(CCC(=O)N(CCCO)C3)CC2)n(C)n1. The Morgan fingerprint density at radius 1 is 1.25 bits per heavy atom. The minimum Gasteiger partial charge on any atom is -0.396 e. The van der Waals surface area contributed by atoms with Crippen molar-refractivity contribution in [1.29, 1.82) is 0 Å². The summed E-state index contributed by atoms with van der Waals surface area (Å²) in [6, 6.07) is 0. The first-order valence-electron chi connectivity index (χ1n) is 8.99. The van der Waals surface area contributed by atoms with Gasteiger partial charge in [0, 0.05) is 33.2 Å². The van der Waals surface area contributed by atoms with Crippen molar-refractivity contribution < 1.29 is 9.90 Å². The fraction of sp³-hybridized carbons (Fsp3) is 0.824. The van der Waals surface area contributed by atoms with Crippen LogP contribution in [-0.2, 0) is 18.4 Å². The lowest BCUT2D eigenvalue weighted by atomic mass is 9.72. The highest BCUT2D eigenvalue weighted by atomic mass is 16.3. The highest BCUT2D eigenvalue weighted by Crippen LogP contribution is 2.40. The Labute approximate surface area is 143 Å². The molecule has 134 valence electrons. The van der Waals surface area contributed by atoms with Crippen LogP contribution < -0.4 is 0 Å². The Kier molecular flexibility index (Phi) is 5.20. The first kappa shape index (κ1) is 17.4. The number of piperidine rings is 2. The van der Waals surface area contributed by atoms with E-state index in [9.17, 15) is 4.79 Å². The van der Waals surface area contributed by atoms with Crippen LogP contribution in [0.4, 0.5) is 0 Å². The molecular formula is C17H29N5O2. The lowest BCUT2D eigenvalue weighted by molar-refractivity contribution is -0.139. The van der Waals surface area contributed by atoms with Gasteiger partial charge >= 0.3 is 0 Å². The summed E-state index contributed by atoms with van der Waals surface area (Å²) in [5, 5.41) is 13.3. The molecule has 0 atom stereocenters. The van der Waals surface area contributed by atoms with Crippen molar-refractivity contribution in [3.8, 4) is 0 Å². The molecule has 0 radical (unpaired) electrons. The van der Waals surface area contributed by atoms with Gasteiger partial charge in [-0.1, -0.05) is 0 Å². The van der Waals surface area contributed by atoms with Gasteiger partial charge in [0.15, 0.2) is 0 Å². The molecule has 1 aromatic heterocycles. The maximum atomic E-state index is 12.1. The van der Waals surface area contributed by atoms with E-state index in [1.807, 2.05) is 23.6 Å². The van der Waals surface area contributed by atoms with Gasteiger partial charge < -0.3 is 10.0 Å². The quantitative estimate of drug-likeness (QED) is 0.858. The number of amides is 1. The highest BCUT2D eigenvalue weighted by Gasteiger charge is 2.40. The van der Waals surface area contributed by atoms with Crippen molar-refractivity contribution in [2.45, 2.75) is 45.6 Å². The van der Waals surface area contributed by atoms with Crippen LogP contribution in [0.25, 0.3) is 0 Å². The molecule has 1 amide bonds. The van der Waals surface area contributed by atoms with E-state index in [0.29, 0.717) is 19.4 Å². The normalized spacial score (nSPS) is 21.6. The van der Waals surface area contributed by atoms with Gasteiger partial charge in [0.25, 0.3) is 0 Å². The molecule has 24 heavy (non-hydrogen) atoms. The molecule has 0 aliphatic carbocycles. The van der Waals surface area contributed by atoms with Crippen molar-refractivity contribution in [3.05, 3.63) is 11.6 Å². The Morgan fingerprint density at radius 2 is 2.00 bits per heavy atom. The maximum Gasteiger partial charge on any atom is 0.222 e. The fourth-order valence-corrected chi connectivity index (χ4v) is 4.06. The minimum atomic E-state index is 0.154. The van der Waals surface area contributed by atoms with Crippen LogP contribution in [0.5, 0.6) is 0 Å². The number of hydrogen-bond acceptors (Lipinski definition) is 5. The lowest BCUT2D eigenvalue weighted by Gasteiger charge is -2.47. The van der Waals surface area contributed by atoms with Crippen molar-refractivity contribution in [3.63, 3.8) is 0 Å². The second-order valence-electron chi connectivity index (χ2n) is 7.37. The summed E-state index contributed by atoms with van der Waals surface area (Å²) in [5.74, 6) is 2.10. The average molecular weight is 335 g/mol. The van der Waals surface area contributed by atoms with Crippen LogP contribution in [0.15, 0.2) is 0 Å². The van der Waals surface area contributed by atoms with Crippen LogP contribution in [0.2, 0.25) is 0 Å². The number of aliphatic hydroxyl groups is 1. The summed E-state index contributed by atoms with van der Waals surface area (Å²) in [6.45, 7) is 6.58. The molecule has 7 nitrogen and oxygen atoms in total. The van der Waals surface area contributed by atoms with Crippen LogP contribution >= 0.6 is 0 Å². The molecule has 1 spiro atoms. The van der Waals surface area contributed by atoms with Gasteiger partial charge in [-0.3, -0.25) is 14.4 Å². The van der Waals surface area contributed by atoms with E-state index < -0.39 is 0 Å². The molecule has 0 bridgehead atoms. The number of likely N-dealkylation sites (tertiary alicyclic amines) is 2. The van der Waals surface area contributed by atoms with Gasteiger partial charge in [0.1, 0.15) is 11.6 Å². The molecule has 3 heterocycles. The van der Waals surface area contributed by atoms with E-state index in [2.05, 4.69) is 15.0 Å². The molecule has 7 heteroatoms. The Morgan fingerprint density at radius 3 is 2.62 bits per heavy atom. The number of rotatable bonds is 5. The van der Waals surface area contributed by atoms with Crippen molar-refractivity contribution in [2.24, 2.45) is 12.5 Å². The topological polar surface area (TPSA) is 74.5 Å². The van der Waals surface area contributed by atoms with Crippen LogP contribution in [0.1, 0.15) is 43.8 Å².